The highest BCUT2D eigenvalue weighted by Crippen LogP contribution is 2.19. The van der Waals surface area contributed by atoms with Crippen LogP contribution >= 0.6 is 0 Å². The van der Waals surface area contributed by atoms with Crippen LogP contribution in [0.3, 0.4) is 0 Å². The van der Waals surface area contributed by atoms with Crippen LogP contribution in [0.4, 0.5) is 0 Å². The molecule has 2 rings (SSSR count). The molecule has 0 saturated carbocycles. The number of amides is 3. The first-order chi connectivity index (χ1) is 19.4. The number of nitrogens with one attached hydrogen (secondary N) is 4. The van der Waals surface area contributed by atoms with Crippen molar-refractivity contribution in [1.82, 2.24) is 20.9 Å². The van der Waals surface area contributed by atoms with Crippen molar-refractivity contribution in [3.05, 3.63) is 36.0 Å². The molecule has 13 heteroatoms. The molecule has 1 aromatic carbocycles. The zero-order chi connectivity index (χ0) is 30.5. The average Bonchev–Trinajstić information content (AvgIpc) is 3.32. The standard InChI is InChI=1S/C28H42N6O7/c1-16(2)13-22(33-25(37)19(30)10-11-24(35)36)26(38)34-23(14-17-15-31-20-8-4-3-7-18(17)20)27(39)32-21(28(40)41)9-5-6-12-29/h3-4,7-8,15-16,19,21-23,31H,5-6,9-14,29-30H2,1-2H3,(H,32,39)(H,33,37)(H,34,38)(H,35,36)(H,40,41). The van der Waals surface area contributed by atoms with E-state index < -0.39 is 53.8 Å². The summed E-state index contributed by atoms with van der Waals surface area (Å²) in [4.78, 5) is 65.4. The van der Waals surface area contributed by atoms with Gasteiger partial charge in [0.2, 0.25) is 17.7 Å². The Morgan fingerprint density at radius 2 is 1.51 bits per heavy atom. The quantitative estimate of drug-likeness (QED) is 0.116. The van der Waals surface area contributed by atoms with Crippen LogP contribution in [0.25, 0.3) is 10.9 Å². The summed E-state index contributed by atoms with van der Waals surface area (Å²) in [7, 11) is 0. The predicted octanol–water partition coefficient (Wildman–Crippen LogP) is 0.617. The molecule has 226 valence electrons. The van der Waals surface area contributed by atoms with Crippen LogP contribution in [0.2, 0.25) is 0 Å². The summed E-state index contributed by atoms with van der Waals surface area (Å²) in [6.07, 6.45) is 2.85. The van der Waals surface area contributed by atoms with Crippen LogP contribution in [0.15, 0.2) is 30.5 Å². The molecule has 4 atom stereocenters. The number of carboxylic acid groups (broad SMARTS) is 2. The Morgan fingerprint density at radius 1 is 0.878 bits per heavy atom. The molecule has 41 heavy (non-hydrogen) atoms. The minimum absolute atomic E-state index is 0.0267. The first kappa shape index (κ1) is 33.2. The van der Waals surface area contributed by atoms with Crippen LogP contribution in [0.1, 0.15) is 57.9 Å². The highest BCUT2D eigenvalue weighted by Gasteiger charge is 2.31. The number of hydrogen-bond donors (Lipinski definition) is 8. The van der Waals surface area contributed by atoms with E-state index in [0.29, 0.717) is 19.4 Å². The molecule has 10 N–H and O–H groups in total. The van der Waals surface area contributed by atoms with Crippen LogP contribution in [-0.2, 0) is 30.4 Å². The normalized spacial score (nSPS) is 14.2. The molecular weight excluding hydrogens is 532 g/mol. The lowest BCUT2D eigenvalue weighted by atomic mass is 10.00. The van der Waals surface area contributed by atoms with Crippen molar-refractivity contribution in [2.24, 2.45) is 17.4 Å². The number of aliphatic carboxylic acids is 2. The molecule has 0 radical (unpaired) electrons. The van der Waals surface area contributed by atoms with E-state index in [-0.39, 0.29) is 38.0 Å². The van der Waals surface area contributed by atoms with Crippen molar-refractivity contribution >= 4 is 40.6 Å². The maximum Gasteiger partial charge on any atom is 0.326 e. The second-order valence-electron chi connectivity index (χ2n) is 10.5. The van der Waals surface area contributed by atoms with Gasteiger partial charge in [0.1, 0.15) is 18.1 Å². The molecule has 2 aromatic rings. The molecule has 4 unspecified atom stereocenters. The van der Waals surface area contributed by atoms with Gasteiger partial charge in [-0.2, -0.15) is 0 Å². The first-order valence-electron chi connectivity index (χ1n) is 13.8. The Balaban J connectivity index is 2.28. The number of H-pyrrole nitrogens is 1. The average molecular weight is 575 g/mol. The Morgan fingerprint density at radius 3 is 2.15 bits per heavy atom. The number of carboxylic acids is 2. The number of benzene rings is 1. The summed E-state index contributed by atoms with van der Waals surface area (Å²) in [6, 6.07) is 2.90. The van der Waals surface area contributed by atoms with Crippen molar-refractivity contribution in [3.63, 3.8) is 0 Å². The Bertz CT molecular complexity index is 1200. The molecular formula is C28H42N6O7. The van der Waals surface area contributed by atoms with Crippen LogP contribution in [0, 0.1) is 5.92 Å². The van der Waals surface area contributed by atoms with E-state index in [9.17, 15) is 29.1 Å². The maximum absolute atomic E-state index is 13.5. The summed E-state index contributed by atoms with van der Waals surface area (Å²) in [5.41, 5.74) is 12.9. The van der Waals surface area contributed by atoms with E-state index in [4.69, 9.17) is 16.6 Å². The minimum Gasteiger partial charge on any atom is -0.481 e. The minimum atomic E-state index is -1.20. The number of hydrogen-bond acceptors (Lipinski definition) is 7. The van der Waals surface area contributed by atoms with Gasteiger partial charge >= 0.3 is 11.9 Å². The van der Waals surface area contributed by atoms with Crippen molar-refractivity contribution in [2.45, 2.75) is 83.0 Å². The Kier molecular flexibility index (Phi) is 13.2. The molecule has 0 fully saturated rings. The molecule has 0 spiro atoms. The topological polar surface area (TPSA) is 230 Å². The van der Waals surface area contributed by atoms with Gasteiger partial charge in [-0.15, -0.1) is 0 Å². The molecule has 0 saturated heterocycles. The zero-order valence-electron chi connectivity index (χ0n) is 23.5. The van der Waals surface area contributed by atoms with Gasteiger partial charge in [-0.1, -0.05) is 32.0 Å². The third-order valence-electron chi connectivity index (χ3n) is 6.64. The summed E-state index contributed by atoms with van der Waals surface area (Å²) in [5.74, 6) is -4.34. The number of para-hydroxylation sites is 1. The maximum atomic E-state index is 13.5. The summed E-state index contributed by atoms with van der Waals surface area (Å²) < 4.78 is 0. The third-order valence-corrected chi connectivity index (χ3v) is 6.64. The monoisotopic (exact) mass is 574 g/mol. The van der Waals surface area contributed by atoms with Gasteiger partial charge in [0, 0.05) is 29.9 Å². The van der Waals surface area contributed by atoms with Crippen LogP contribution in [-0.4, -0.2) is 75.6 Å². The number of rotatable bonds is 18. The molecule has 13 nitrogen and oxygen atoms in total. The molecule has 1 heterocycles. The van der Waals surface area contributed by atoms with Crippen LogP contribution < -0.4 is 27.4 Å². The Hall–Kier alpha value is -3.97. The largest absolute Gasteiger partial charge is 0.481 e. The fraction of sp³-hybridized carbons (Fsp3) is 0.536. The van der Waals surface area contributed by atoms with Gasteiger partial charge in [-0.3, -0.25) is 19.2 Å². The van der Waals surface area contributed by atoms with E-state index >= 15 is 0 Å². The van der Waals surface area contributed by atoms with E-state index in [0.717, 1.165) is 16.5 Å². The lowest BCUT2D eigenvalue weighted by molar-refractivity contribution is -0.142. The van der Waals surface area contributed by atoms with E-state index in [1.165, 1.54) is 0 Å². The first-order valence-corrected chi connectivity index (χ1v) is 13.8. The Labute approximate surface area is 238 Å². The summed E-state index contributed by atoms with van der Waals surface area (Å²) in [5, 5.41) is 27.2. The predicted molar refractivity (Wildman–Crippen MR) is 153 cm³/mol. The number of fused-ring (bicyclic) bond motifs is 1. The van der Waals surface area contributed by atoms with Crippen molar-refractivity contribution in [1.29, 1.82) is 0 Å². The summed E-state index contributed by atoms with van der Waals surface area (Å²) >= 11 is 0. The third kappa shape index (κ3) is 10.8. The van der Waals surface area contributed by atoms with Crippen molar-refractivity contribution in [2.75, 3.05) is 6.54 Å². The number of aromatic amines is 1. The van der Waals surface area contributed by atoms with Crippen molar-refractivity contribution in [3.8, 4) is 0 Å². The fourth-order valence-electron chi connectivity index (χ4n) is 4.42. The highest BCUT2D eigenvalue weighted by atomic mass is 16.4. The van der Waals surface area contributed by atoms with E-state index in [1.54, 1.807) is 6.20 Å². The summed E-state index contributed by atoms with van der Waals surface area (Å²) in [6.45, 7) is 4.10. The molecule has 0 aliphatic rings. The van der Waals surface area contributed by atoms with Gasteiger partial charge in [0.25, 0.3) is 0 Å². The van der Waals surface area contributed by atoms with Crippen LogP contribution in [0.5, 0.6) is 0 Å². The SMILES string of the molecule is CC(C)CC(NC(=O)C(N)CCC(=O)O)C(=O)NC(Cc1c[nH]c2ccccc12)C(=O)NC(CCCCN)C(=O)O. The molecule has 0 aliphatic carbocycles. The van der Waals surface area contributed by atoms with E-state index in [1.807, 2.05) is 38.1 Å². The smallest absolute Gasteiger partial charge is 0.326 e. The fourth-order valence-corrected chi connectivity index (χ4v) is 4.42. The molecule has 3 amide bonds. The number of nitrogens with two attached hydrogens (primary N) is 2. The second kappa shape index (κ2) is 16.3. The zero-order valence-corrected chi connectivity index (χ0v) is 23.5. The van der Waals surface area contributed by atoms with Gasteiger partial charge in [-0.05, 0) is 56.2 Å². The van der Waals surface area contributed by atoms with Gasteiger partial charge in [-0.25, -0.2) is 4.79 Å². The van der Waals surface area contributed by atoms with Gasteiger partial charge < -0.3 is 42.6 Å². The number of carbonyl (C=O) groups is 5. The number of aromatic nitrogens is 1. The number of unbranched alkanes of at least 4 members (excludes halogenated alkanes) is 1. The molecule has 0 bridgehead atoms. The number of carbonyl (C=O) groups excluding carboxylic acids is 3. The lowest BCUT2D eigenvalue weighted by Gasteiger charge is -2.26. The van der Waals surface area contributed by atoms with E-state index in [2.05, 4.69) is 20.9 Å². The second-order valence-corrected chi connectivity index (χ2v) is 10.5. The molecule has 0 aliphatic heterocycles. The lowest BCUT2D eigenvalue weighted by Crippen LogP contribution is -2.57. The van der Waals surface area contributed by atoms with Crippen molar-refractivity contribution < 1.29 is 34.2 Å². The van der Waals surface area contributed by atoms with Gasteiger partial charge in [0.15, 0.2) is 0 Å². The highest BCUT2D eigenvalue weighted by molar-refractivity contribution is 5.95. The molecule has 1 aromatic heterocycles. The van der Waals surface area contributed by atoms with Gasteiger partial charge in [0.05, 0.1) is 6.04 Å².